The summed E-state index contributed by atoms with van der Waals surface area (Å²) in [4.78, 5) is 13.3. The van der Waals surface area contributed by atoms with Gasteiger partial charge in [0.15, 0.2) is 11.6 Å². The third-order valence-electron chi connectivity index (χ3n) is 4.23. The van der Waals surface area contributed by atoms with Crippen molar-refractivity contribution in [3.8, 4) is 11.5 Å². The Kier molecular flexibility index (Phi) is 5.22. The minimum Gasteiger partial charge on any atom is -0.494 e. The Morgan fingerprint density at radius 3 is 2.41 bits per heavy atom. The molecule has 0 aliphatic carbocycles. The summed E-state index contributed by atoms with van der Waals surface area (Å²) in [6.45, 7) is 0.589. The lowest BCUT2D eigenvalue weighted by Gasteiger charge is -2.20. The molecule has 0 spiro atoms. The first-order chi connectivity index (χ1) is 12.9. The summed E-state index contributed by atoms with van der Waals surface area (Å²) in [5, 5.41) is 0. The van der Waals surface area contributed by atoms with Crippen LogP contribution in [0.3, 0.4) is 0 Å². The molecule has 2 aromatic rings. The number of benzene rings is 2. The molecule has 1 amide bonds. The number of halogens is 1. The van der Waals surface area contributed by atoms with E-state index in [1.54, 1.807) is 11.0 Å². The van der Waals surface area contributed by atoms with Crippen LogP contribution in [0.25, 0.3) is 0 Å². The molecule has 0 unspecified atom stereocenters. The Balaban J connectivity index is 1.88. The van der Waals surface area contributed by atoms with Crippen LogP contribution in [-0.2, 0) is 14.8 Å². The number of sulfonamides is 1. The van der Waals surface area contributed by atoms with E-state index in [4.69, 9.17) is 9.47 Å². The van der Waals surface area contributed by atoms with E-state index in [-0.39, 0.29) is 22.2 Å². The monoisotopic (exact) mass is 394 g/mol. The lowest BCUT2D eigenvalue weighted by Crippen LogP contribution is -2.24. The molecule has 1 aliphatic rings. The predicted molar refractivity (Wildman–Crippen MR) is 98.3 cm³/mol. The van der Waals surface area contributed by atoms with Gasteiger partial charge in [0.1, 0.15) is 5.75 Å². The number of amides is 1. The molecule has 9 heteroatoms. The number of ether oxygens (including phenoxy) is 2. The van der Waals surface area contributed by atoms with Gasteiger partial charge >= 0.3 is 0 Å². The second-order valence-electron chi connectivity index (χ2n) is 5.94. The standard InChI is InChI=1S/C18H19FN2O5S/c1-25-16-8-6-13(11-14(16)19)27(23,24)20-12-5-7-15(17(10-12)26-2)21-9-3-4-18(21)22/h5-8,10-11,20H,3-4,9H2,1-2H3. The highest BCUT2D eigenvalue weighted by Crippen LogP contribution is 2.34. The van der Waals surface area contributed by atoms with E-state index in [0.29, 0.717) is 24.4 Å². The zero-order valence-electron chi connectivity index (χ0n) is 14.9. The van der Waals surface area contributed by atoms with Gasteiger partial charge in [0.2, 0.25) is 5.91 Å². The van der Waals surface area contributed by atoms with E-state index >= 15 is 0 Å². The maximum absolute atomic E-state index is 13.8. The van der Waals surface area contributed by atoms with Crippen LogP contribution in [0.1, 0.15) is 12.8 Å². The Bertz CT molecular complexity index is 978. The number of anilines is 2. The van der Waals surface area contributed by atoms with E-state index < -0.39 is 15.8 Å². The van der Waals surface area contributed by atoms with E-state index in [0.717, 1.165) is 12.5 Å². The van der Waals surface area contributed by atoms with Crippen molar-refractivity contribution in [2.75, 3.05) is 30.4 Å². The first kappa shape index (κ1) is 19.0. The maximum Gasteiger partial charge on any atom is 0.262 e. The van der Waals surface area contributed by atoms with Gasteiger partial charge in [0.05, 0.1) is 30.5 Å². The number of carbonyl (C=O) groups excluding carboxylic acids is 1. The molecule has 1 fully saturated rings. The molecular weight excluding hydrogens is 375 g/mol. The Morgan fingerprint density at radius 2 is 1.81 bits per heavy atom. The van der Waals surface area contributed by atoms with Crippen LogP contribution < -0.4 is 19.1 Å². The quantitative estimate of drug-likeness (QED) is 0.814. The fraction of sp³-hybridized carbons (Fsp3) is 0.278. The van der Waals surface area contributed by atoms with Crippen LogP contribution in [0.4, 0.5) is 15.8 Å². The van der Waals surface area contributed by atoms with Crippen molar-refractivity contribution in [3.63, 3.8) is 0 Å². The lowest BCUT2D eigenvalue weighted by atomic mass is 10.2. The zero-order chi connectivity index (χ0) is 19.6. The molecule has 1 aliphatic heterocycles. The summed E-state index contributed by atoms with van der Waals surface area (Å²) < 4.78 is 51.4. The molecule has 2 aromatic carbocycles. The van der Waals surface area contributed by atoms with Gasteiger partial charge in [-0.25, -0.2) is 12.8 Å². The molecule has 0 atom stereocenters. The highest BCUT2D eigenvalue weighted by Gasteiger charge is 2.25. The molecule has 0 radical (unpaired) electrons. The van der Waals surface area contributed by atoms with Gasteiger partial charge in [-0.3, -0.25) is 9.52 Å². The zero-order valence-corrected chi connectivity index (χ0v) is 15.7. The molecule has 0 aromatic heterocycles. The first-order valence-electron chi connectivity index (χ1n) is 8.20. The fourth-order valence-corrected chi connectivity index (χ4v) is 3.96. The van der Waals surface area contributed by atoms with Crippen molar-refractivity contribution in [3.05, 3.63) is 42.2 Å². The van der Waals surface area contributed by atoms with E-state index in [1.807, 2.05) is 0 Å². The van der Waals surface area contributed by atoms with Crippen LogP contribution in [0.2, 0.25) is 0 Å². The van der Waals surface area contributed by atoms with Crippen molar-refractivity contribution in [1.82, 2.24) is 0 Å². The third-order valence-corrected chi connectivity index (χ3v) is 5.61. The average Bonchev–Trinajstić information content (AvgIpc) is 3.07. The summed E-state index contributed by atoms with van der Waals surface area (Å²) in [7, 11) is -1.27. The molecule has 7 nitrogen and oxygen atoms in total. The van der Waals surface area contributed by atoms with Crippen molar-refractivity contribution < 1.29 is 27.1 Å². The summed E-state index contributed by atoms with van der Waals surface area (Å²) in [5.74, 6) is -0.460. The summed E-state index contributed by atoms with van der Waals surface area (Å²) in [6.07, 6.45) is 1.24. The SMILES string of the molecule is COc1ccc(S(=O)(=O)Nc2ccc(N3CCCC3=O)c(OC)c2)cc1F. The molecule has 144 valence electrons. The van der Waals surface area contributed by atoms with Crippen LogP contribution in [0.5, 0.6) is 11.5 Å². The van der Waals surface area contributed by atoms with Crippen LogP contribution >= 0.6 is 0 Å². The summed E-state index contributed by atoms with van der Waals surface area (Å²) in [5.41, 5.74) is 0.817. The van der Waals surface area contributed by atoms with Gasteiger partial charge < -0.3 is 14.4 Å². The van der Waals surface area contributed by atoms with Gasteiger partial charge in [0, 0.05) is 19.0 Å². The first-order valence-corrected chi connectivity index (χ1v) is 9.69. The van der Waals surface area contributed by atoms with Gasteiger partial charge in [-0.15, -0.1) is 0 Å². The summed E-state index contributed by atoms with van der Waals surface area (Å²) in [6, 6.07) is 8.01. The minimum absolute atomic E-state index is 0.00432. The van der Waals surface area contributed by atoms with Gasteiger partial charge in [-0.05, 0) is 36.8 Å². The summed E-state index contributed by atoms with van der Waals surface area (Å²) >= 11 is 0. The number of methoxy groups -OCH3 is 2. The lowest BCUT2D eigenvalue weighted by molar-refractivity contribution is -0.117. The number of hydrogen-bond acceptors (Lipinski definition) is 5. The topological polar surface area (TPSA) is 84.9 Å². The highest BCUT2D eigenvalue weighted by atomic mass is 32.2. The van der Waals surface area contributed by atoms with Crippen LogP contribution in [0.15, 0.2) is 41.3 Å². The highest BCUT2D eigenvalue weighted by molar-refractivity contribution is 7.92. The van der Waals surface area contributed by atoms with Crippen molar-refractivity contribution in [2.24, 2.45) is 0 Å². The van der Waals surface area contributed by atoms with Crippen molar-refractivity contribution >= 4 is 27.3 Å². The molecule has 3 rings (SSSR count). The Hall–Kier alpha value is -2.81. The second-order valence-corrected chi connectivity index (χ2v) is 7.62. The smallest absolute Gasteiger partial charge is 0.262 e. The molecule has 0 saturated carbocycles. The number of nitrogens with one attached hydrogen (secondary N) is 1. The Morgan fingerprint density at radius 1 is 1.07 bits per heavy atom. The van der Waals surface area contributed by atoms with Crippen LogP contribution in [-0.4, -0.2) is 35.1 Å². The fourth-order valence-electron chi connectivity index (χ4n) is 2.90. The van der Waals surface area contributed by atoms with Crippen molar-refractivity contribution in [2.45, 2.75) is 17.7 Å². The molecule has 1 N–H and O–H groups in total. The largest absolute Gasteiger partial charge is 0.494 e. The predicted octanol–water partition coefficient (Wildman–Crippen LogP) is 2.77. The van der Waals surface area contributed by atoms with E-state index in [1.165, 1.54) is 38.5 Å². The normalized spacial score (nSPS) is 14.3. The number of rotatable bonds is 6. The van der Waals surface area contributed by atoms with Crippen molar-refractivity contribution in [1.29, 1.82) is 0 Å². The second kappa shape index (κ2) is 7.43. The van der Waals surface area contributed by atoms with Gasteiger partial charge in [-0.2, -0.15) is 0 Å². The number of hydrogen-bond donors (Lipinski definition) is 1. The Labute approximate surface area is 156 Å². The van der Waals surface area contributed by atoms with E-state index in [9.17, 15) is 17.6 Å². The molecule has 1 saturated heterocycles. The van der Waals surface area contributed by atoms with E-state index in [2.05, 4.69) is 4.72 Å². The number of carbonyl (C=O) groups is 1. The number of nitrogens with zero attached hydrogens (tertiary/aromatic N) is 1. The van der Waals surface area contributed by atoms with Crippen LogP contribution in [0, 0.1) is 5.82 Å². The molecule has 1 heterocycles. The minimum atomic E-state index is -4.01. The molecular formula is C18H19FN2O5S. The molecule has 0 bridgehead atoms. The molecule has 27 heavy (non-hydrogen) atoms. The van der Waals surface area contributed by atoms with Gasteiger partial charge in [0.25, 0.3) is 10.0 Å². The third kappa shape index (κ3) is 3.82. The average molecular weight is 394 g/mol. The maximum atomic E-state index is 13.8. The van der Waals surface area contributed by atoms with Gasteiger partial charge in [-0.1, -0.05) is 0 Å².